The number of nitrogens with one attached hydrogen (secondary N) is 1. The van der Waals surface area contributed by atoms with Crippen LogP contribution in [0.1, 0.15) is 56.5 Å². The van der Waals surface area contributed by atoms with Crippen LogP contribution in [-0.4, -0.2) is 23.8 Å². The summed E-state index contributed by atoms with van der Waals surface area (Å²) in [5.41, 5.74) is 2.48. The van der Waals surface area contributed by atoms with Crippen LogP contribution in [0.5, 0.6) is 0 Å². The van der Waals surface area contributed by atoms with Crippen molar-refractivity contribution in [1.82, 2.24) is 5.32 Å². The Labute approximate surface area is 154 Å². The fraction of sp³-hybridized carbons (Fsp3) is 0.381. The van der Waals surface area contributed by atoms with Gasteiger partial charge in [0.2, 0.25) is 11.8 Å². The Morgan fingerprint density at radius 3 is 2.35 bits per heavy atom. The Kier molecular flexibility index (Phi) is 6.14. The first-order valence-corrected chi connectivity index (χ1v) is 9.27. The van der Waals surface area contributed by atoms with Gasteiger partial charge in [-0.1, -0.05) is 45.9 Å². The summed E-state index contributed by atoms with van der Waals surface area (Å²) in [6, 6.07) is 8.86. The molecule has 3 amide bonds. The quantitative estimate of drug-likeness (QED) is 0.788. The van der Waals surface area contributed by atoms with E-state index in [1.165, 1.54) is 0 Å². The number of rotatable bonds is 1. The molecule has 4 rings (SSSR count). The molecule has 2 aliphatic rings. The molecule has 0 radical (unpaired) electrons. The largest absolute Gasteiger partial charge is 0.295 e. The summed E-state index contributed by atoms with van der Waals surface area (Å²) in [5.74, 6) is -0.841. The SMILES string of the molecule is CC.CC.Cc1ccc2c3c(cccc13)C(=O)N2C1CCC(=O)NC1=O. The van der Waals surface area contributed by atoms with Gasteiger partial charge in [-0.2, -0.15) is 0 Å². The predicted octanol–water partition coefficient (Wildman–Crippen LogP) is 3.97. The number of benzene rings is 2. The Balaban J connectivity index is 0.000000570. The molecule has 0 spiro atoms. The van der Waals surface area contributed by atoms with E-state index >= 15 is 0 Å². The average Bonchev–Trinajstić information content (AvgIpc) is 2.95. The van der Waals surface area contributed by atoms with Gasteiger partial charge in [-0.05, 0) is 36.4 Å². The molecule has 2 aromatic rings. The van der Waals surface area contributed by atoms with Crippen molar-refractivity contribution in [3.05, 3.63) is 41.5 Å². The topological polar surface area (TPSA) is 66.5 Å². The van der Waals surface area contributed by atoms with Gasteiger partial charge in [-0.15, -0.1) is 0 Å². The molecule has 1 atom stereocenters. The van der Waals surface area contributed by atoms with E-state index in [9.17, 15) is 14.4 Å². The third-order valence-electron chi connectivity index (χ3n) is 4.47. The molecule has 1 saturated heterocycles. The molecule has 0 saturated carbocycles. The number of carbonyl (C=O) groups is 3. The summed E-state index contributed by atoms with van der Waals surface area (Å²) in [7, 11) is 0. The van der Waals surface area contributed by atoms with E-state index in [1.54, 1.807) is 11.0 Å². The van der Waals surface area contributed by atoms with Gasteiger partial charge in [0.1, 0.15) is 6.04 Å². The second-order valence-electron chi connectivity index (χ2n) is 5.77. The number of piperidine rings is 1. The van der Waals surface area contributed by atoms with Crippen LogP contribution in [0.25, 0.3) is 10.8 Å². The summed E-state index contributed by atoms with van der Waals surface area (Å²) in [6.45, 7) is 10.0. The Hall–Kier alpha value is -2.69. The number of aryl methyl sites for hydroxylation is 1. The van der Waals surface area contributed by atoms with Crippen LogP contribution in [0.3, 0.4) is 0 Å². The lowest BCUT2D eigenvalue weighted by Crippen LogP contribution is -2.53. The van der Waals surface area contributed by atoms with Crippen LogP contribution in [0.15, 0.2) is 30.3 Å². The first-order valence-electron chi connectivity index (χ1n) is 9.27. The van der Waals surface area contributed by atoms with E-state index in [2.05, 4.69) is 5.32 Å². The van der Waals surface area contributed by atoms with Crippen molar-refractivity contribution in [3.8, 4) is 0 Å². The molecule has 2 aromatic carbocycles. The van der Waals surface area contributed by atoms with Crippen LogP contribution >= 0.6 is 0 Å². The molecule has 5 heteroatoms. The predicted molar refractivity (Wildman–Crippen MR) is 104 cm³/mol. The molecule has 1 N–H and O–H groups in total. The van der Waals surface area contributed by atoms with Crippen LogP contribution in [0, 0.1) is 6.92 Å². The summed E-state index contributed by atoms with van der Waals surface area (Å²) < 4.78 is 0. The van der Waals surface area contributed by atoms with Gasteiger partial charge in [-0.3, -0.25) is 24.6 Å². The van der Waals surface area contributed by atoms with Crippen molar-refractivity contribution in [3.63, 3.8) is 0 Å². The number of hydrogen-bond acceptors (Lipinski definition) is 3. The standard InChI is InChI=1S/C17H14N2O3.2C2H6/c1-9-5-6-12-15-10(9)3-2-4-11(15)17(22)19(12)13-7-8-14(20)18-16(13)21;2*1-2/h2-6,13H,7-8H2,1H3,(H,18,20,21);2*1-2H3. The fourth-order valence-electron chi connectivity index (χ4n) is 3.39. The van der Waals surface area contributed by atoms with Gasteiger partial charge in [0, 0.05) is 17.4 Å². The number of hydrogen-bond donors (Lipinski definition) is 1. The van der Waals surface area contributed by atoms with E-state index in [4.69, 9.17) is 0 Å². The number of nitrogens with zero attached hydrogens (tertiary/aromatic N) is 1. The monoisotopic (exact) mass is 354 g/mol. The molecule has 5 nitrogen and oxygen atoms in total. The van der Waals surface area contributed by atoms with Crippen molar-refractivity contribution in [2.45, 2.75) is 53.5 Å². The van der Waals surface area contributed by atoms with Crippen LogP contribution in [-0.2, 0) is 9.59 Å². The molecule has 138 valence electrons. The van der Waals surface area contributed by atoms with Gasteiger partial charge >= 0.3 is 0 Å². The second kappa shape index (κ2) is 8.13. The first-order chi connectivity index (χ1) is 12.6. The van der Waals surface area contributed by atoms with Gasteiger partial charge in [-0.25, -0.2) is 0 Å². The van der Waals surface area contributed by atoms with Crippen molar-refractivity contribution in [2.75, 3.05) is 4.90 Å². The molecule has 2 heterocycles. The molecule has 0 aromatic heterocycles. The van der Waals surface area contributed by atoms with Crippen LogP contribution in [0.4, 0.5) is 5.69 Å². The smallest absolute Gasteiger partial charge is 0.259 e. The third-order valence-corrected chi connectivity index (χ3v) is 4.47. The third kappa shape index (κ3) is 3.09. The van der Waals surface area contributed by atoms with Crippen molar-refractivity contribution < 1.29 is 14.4 Å². The van der Waals surface area contributed by atoms with Crippen LogP contribution < -0.4 is 10.2 Å². The molecule has 2 aliphatic heterocycles. The minimum Gasteiger partial charge on any atom is -0.295 e. The molecule has 0 bridgehead atoms. The zero-order chi connectivity index (χ0) is 19.4. The summed E-state index contributed by atoms with van der Waals surface area (Å²) >= 11 is 0. The van der Waals surface area contributed by atoms with E-state index in [0.717, 1.165) is 22.0 Å². The van der Waals surface area contributed by atoms with Crippen molar-refractivity contribution in [1.29, 1.82) is 0 Å². The molecule has 0 aliphatic carbocycles. The Bertz CT molecular complexity index is 858. The normalized spacial score (nSPS) is 18.0. The zero-order valence-corrected chi connectivity index (χ0v) is 16.1. The Morgan fingerprint density at radius 1 is 1.00 bits per heavy atom. The lowest BCUT2D eigenvalue weighted by Gasteiger charge is -2.30. The fourth-order valence-corrected chi connectivity index (χ4v) is 3.39. The molecule has 1 fully saturated rings. The highest BCUT2D eigenvalue weighted by Gasteiger charge is 2.40. The van der Waals surface area contributed by atoms with Crippen molar-refractivity contribution in [2.24, 2.45) is 0 Å². The van der Waals surface area contributed by atoms with Crippen LogP contribution in [0.2, 0.25) is 0 Å². The number of imide groups is 1. The maximum absolute atomic E-state index is 12.8. The number of anilines is 1. The van der Waals surface area contributed by atoms with Gasteiger partial charge in [0.15, 0.2) is 0 Å². The lowest BCUT2D eigenvalue weighted by molar-refractivity contribution is -0.134. The van der Waals surface area contributed by atoms with E-state index in [-0.39, 0.29) is 18.2 Å². The molecular weight excluding hydrogens is 328 g/mol. The second-order valence-corrected chi connectivity index (χ2v) is 5.77. The highest BCUT2D eigenvalue weighted by Crippen LogP contribution is 2.40. The highest BCUT2D eigenvalue weighted by atomic mass is 16.2. The summed E-state index contributed by atoms with van der Waals surface area (Å²) in [5, 5.41) is 4.25. The van der Waals surface area contributed by atoms with Gasteiger partial charge in [0.25, 0.3) is 5.91 Å². The number of amides is 3. The summed E-state index contributed by atoms with van der Waals surface area (Å²) in [6.07, 6.45) is 0.616. The minimum atomic E-state index is -0.622. The first kappa shape index (κ1) is 19.6. The Morgan fingerprint density at radius 2 is 1.69 bits per heavy atom. The zero-order valence-electron chi connectivity index (χ0n) is 16.1. The summed E-state index contributed by atoms with van der Waals surface area (Å²) in [4.78, 5) is 37.8. The van der Waals surface area contributed by atoms with Gasteiger partial charge < -0.3 is 0 Å². The molecular formula is C21H26N2O3. The maximum atomic E-state index is 12.8. The molecule has 1 unspecified atom stereocenters. The van der Waals surface area contributed by atoms with E-state index < -0.39 is 11.9 Å². The maximum Gasteiger partial charge on any atom is 0.259 e. The number of carbonyl (C=O) groups excluding carboxylic acids is 3. The van der Waals surface area contributed by atoms with E-state index in [1.807, 2.05) is 58.9 Å². The molecule has 26 heavy (non-hydrogen) atoms. The van der Waals surface area contributed by atoms with E-state index in [0.29, 0.717) is 12.0 Å². The average molecular weight is 354 g/mol. The minimum absolute atomic E-state index is 0.166. The van der Waals surface area contributed by atoms with Crippen molar-refractivity contribution >= 4 is 34.2 Å². The lowest BCUT2D eigenvalue weighted by atomic mass is 10.0. The highest BCUT2D eigenvalue weighted by molar-refractivity contribution is 6.27. The van der Waals surface area contributed by atoms with Gasteiger partial charge in [0.05, 0.1) is 5.69 Å².